The Kier molecular flexibility index (Phi) is 67.8. The van der Waals surface area contributed by atoms with Gasteiger partial charge in [0.25, 0.3) is 0 Å². The van der Waals surface area contributed by atoms with Crippen LogP contribution in [0.1, 0.15) is 409 Å². The molecule has 3 unspecified atom stereocenters. The van der Waals surface area contributed by atoms with Crippen LogP contribution in [0.4, 0.5) is 0 Å². The molecule has 0 bridgehead atoms. The summed E-state index contributed by atoms with van der Waals surface area (Å²) in [5, 5.41) is 10.6. The molecule has 0 saturated carbocycles. The number of hydrogen-bond donors (Lipinski definition) is 3. The van der Waals surface area contributed by atoms with Gasteiger partial charge in [0.05, 0.1) is 26.4 Å². The van der Waals surface area contributed by atoms with Crippen molar-refractivity contribution >= 4 is 39.5 Å². The van der Waals surface area contributed by atoms with E-state index >= 15 is 0 Å². The Balaban J connectivity index is 5.20. The first kappa shape index (κ1) is 97.1. The van der Waals surface area contributed by atoms with E-state index in [1.807, 2.05) is 0 Å². The zero-order valence-electron chi connectivity index (χ0n) is 65.1. The summed E-state index contributed by atoms with van der Waals surface area (Å²) in [6.07, 6.45) is 55.6. The van der Waals surface area contributed by atoms with Crippen molar-refractivity contribution in [3.05, 3.63) is 0 Å². The molecule has 0 saturated heterocycles. The normalized spacial score (nSPS) is 14.3. The van der Waals surface area contributed by atoms with Crippen LogP contribution in [0, 0.1) is 23.7 Å². The second-order valence-electron chi connectivity index (χ2n) is 30.5. The Morgan fingerprint density at radius 2 is 0.485 bits per heavy atom. The molecule has 0 aliphatic carbocycles. The average molecular weight is 1450 g/mol. The summed E-state index contributed by atoms with van der Waals surface area (Å²) >= 11 is 0. The molecule has 17 nitrogen and oxygen atoms in total. The van der Waals surface area contributed by atoms with Gasteiger partial charge in [-0.2, -0.15) is 0 Å². The Morgan fingerprint density at radius 1 is 0.283 bits per heavy atom. The van der Waals surface area contributed by atoms with E-state index in [9.17, 15) is 43.2 Å². The molecule has 99 heavy (non-hydrogen) atoms. The smallest absolute Gasteiger partial charge is 0.462 e. The van der Waals surface area contributed by atoms with Gasteiger partial charge in [0, 0.05) is 25.7 Å². The molecule has 0 radical (unpaired) electrons. The van der Waals surface area contributed by atoms with Crippen molar-refractivity contribution in [2.75, 3.05) is 39.6 Å². The van der Waals surface area contributed by atoms with Gasteiger partial charge in [-0.25, -0.2) is 9.13 Å². The monoisotopic (exact) mass is 1450 g/mol. The first-order valence-corrected chi connectivity index (χ1v) is 44.2. The van der Waals surface area contributed by atoms with Crippen molar-refractivity contribution in [3.8, 4) is 0 Å². The molecule has 0 spiro atoms. The fourth-order valence-corrected chi connectivity index (χ4v) is 13.8. The third-order valence-corrected chi connectivity index (χ3v) is 20.8. The van der Waals surface area contributed by atoms with E-state index in [4.69, 9.17) is 37.0 Å². The zero-order chi connectivity index (χ0) is 73.1. The van der Waals surface area contributed by atoms with Crippen LogP contribution in [-0.2, 0) is 65.4 Å². The first-order valence-electron chi connectivity index (χ1n) is 41.2. The fourth-order valence-electron chi connectivity index (χ4n) is 12.2. The van der Waals surface area contributed by atoms with Gasteiger partial charge in [-0.3, -0.25) is 37.3 Å². The van der Waals surface area contributed by atoms with Gasteiger partial charge >= 0.3 is 39.5 Å². The summed E-state index contributed by atoms with van der Waals surface area (Å²) in [7, 11) is -9.92. The number of hydrogen-bond acceptors (Lipinski definition) is 15. The highest BCUT2D eigenvalue weighted by Crippen LogP contribution is 2.45. The molecule has 0 rings (SSSR count). The minimum Gasteiger partial charge on any atom is -0.462 e. The highest BCUT2D eigenvalue weighted by atomic mass is 31.2. The predicted octanol–water partition coefficient (Wildman–Crippen LogP) is 23.6. The molecule has 0 heterocycles. The van der Waals surface area contributed by atoms with Gasteiger partial charge in [0.2, 0.25) is 0 Å². The molecular formula is C80H156O17P2. The first-order chi connectivity index (χ1) is 47.6. The minimum atomic E-state index is -4.96. The Labute approximate surface area is 607 Å². The number of unbranched alkanes of at least 4 members (excludes halogenated alkanes) is 42. The van der Waals surface area contributed by atoms with Crippen LogP contribution in [0.5, 0.6) is 0 Å². The number of esters is 4. The second-order valence-corrected chi connectivity index (χ2v) is 33.4. The van der Waals surface area contributed by atoms with Crippen molar-refractivity contribution < 1.29 is 80.2 Å². The van der Waals surface area contributed by atoms with E-state index in [-0.39, 0.29) is 25.7 Å². The van der Waals surface area contributed by atoms with Crippen LogP contribution in [-0.4, -0.2) is 96.7 Å². The number of rotatable bonds is 77. The minimum absolute atomic E-state index is 0.107. The Morgan fingerprint density at radius 3 is 0.717 bits per heavy atom. The third kappa shape index (κ3) is 72.8. The van der Waals surface area contributed by atoms with Gasteiger partial charge in [0.1, 0.15) is 19.3 Å². The van der Waals surface area contributed by atoms with Gasteiger partial charge in [-0.15, -0.1) is 0 Å². The lowest BCUT2D eigenvalue weighted by atomic mass is 10.00. The topological polar surface area (TPSA) is 237 Å². The maximum atomic E-state index is 13.1. The molecule has 588 valence electrons. The predicted molar refractivity (Wildman–Crippen MR) is 404 cm³/mol. The highest BCUT2D eigenvalue weighted by Gasteiger charge is 2.30. The van der Waals surface area contributed by atoms with E-state index in [2.05, 4.69) is 55.4 Å². The quantitative estimate of drug-likeness (QED) is 0.0222. The van der Waals surface area contributed by atoms with Crippen LogP contribution < -0.4 is 0 Å². The molecule has 19 heteroatoms. The molecular weight excluding hydrogens is 1290 g/mol. The number of carbonyl (C=O) groups is 4. The lowest BCUT2D eigenvalue weighted by Gasteiger charge is -2.21. The van der Waals surface area contributed by atoms with Crippen LogP contribution >= 0.6 is 15.6 Å². The number of phosphoric acid groups is 2. The Bertz CT molecular complexity index is 1940. The number of ether oxygens (including phenoxy) is 4. The van der Waals surface area contributed by atoms with Crippen LogP contribution in [0.2, 0.25) is 0 Å². The second kappa shape index (κ2) is 69.1. The average Bonchev–Trinajstić information content (AvgIpc) is 1.57. The van der Waals surface area contributed by atoms with Crippen LogP contribution in [0.15, 0.2) is 0 Å². The summed E-state index contributed by atoms with van der Waals surface area (Å²) in [5.74, 6) is 0.958. The summed E-state index contributed by atoms with van der Waals surface area (Å²) in [6, 6.07) is 0. The molecule has 3 N–H and O–H groups in total. The third-order valence-electron chi connectivity index (χ3n) is 18.9. The van der Waals surface area contributed by atoms with Gasteiger partial charge < -0.3 is 33.8 Å². The van der Waals surface area contributed by atoms with E-state index in [1.54, 1.807) is 0 Å². The van der Waals surface area contributed by atoms with E-state index < -0.39 is 97.5 Å². The van der Waals surface area contributed by atoms with E-state index in [0.29, 0.717) is 25.7 Å². The summed E-state index contributed by atoms with van der Waals surface area (Å²) < 4.78 is 68.6. The molecule has 0 fully saturated rings. The zero-order valence-corrected chi connectivity index (χ0v) is 66.9. The molecule has 0 aliphatic rings. The molecule has 0 aromatic heterocycles. The summed E-state index contributed by atoms with van der Waals surface area (Å²) in [4.78, 5) is 72.9. The van der Waals surface area contributed by atoms with Crippen molar-refractivity contribution in [1.82, 2.24) is 0 Å². The van der Waals surface area contributed by atoms with Crippen molar-refractivity contribution in [3.63, 3.8) is 0 Å². The van der Waals surface area contributed by atoms with E-state index in [0.717, 1.165) is 120 Å². The van der Waals surface area contributed by atoms with Crippen molar-refractivity contribution in [2.45, 2.75) is 427 Å². The maximum absolute atomic E-state index is 13.1. The lowest BCUT2D eigenvalue weighted by molar-refractivity contribution is -0.161. The number of aliphatic hydroxyl groups is 1. The summed E-state index contributed by atoms with van der Waals surface area (Å²) in [5.41, 5.74) is 0. The summed E-state index contributed by atoms with van der Waals surface area (Å²) in [6.45, 7) is 14.2. The molecule has 0 aliphatic heterocycles. The number of aliphatic hydroxyl groups excluding tert-OH is 1. The molecule has 6 atom stereocenters. The number of carbonyl (C=O) groups excluding carboxylic acids is 4. The standard InChI is InChI=1S/C80H156O17P2/c1-9-73(8)59-51-43-38-39-45-53-61-78(83)91-67-76(97-80(85)63-55-47-37-29-25-21-17-13-11-15-19-23-27-33-41-49-57-71(4)5)69-95-99(88,89)93-65-74(81)64-92-98(86,87)94-68-75(66-90-77(82)60-52-44-35-31-30-34-42-50-58-72(6)7)96-79(84)62-54-46-36-28-24-20-16-12-10-14-18-22-26-32-40-48-56-70(2)3/h70-76,81H,9-69H2,1-8H3,(H,86,87)(H,88,89)/t73?,74-,75-,76-/m1/s1. The fraction of sp³-hybridized carbons (Fsp3) is 0.950. The van der Waals surface area contributed by atoms with Gasteiger partial charge in [-0.1, -0.05) is 357 Å². The maximum Gasteiger partial charge on any atom is 0.472 e. The van der Waals surface area contributed by atoms with Gasteiger partial charge in [0.15, 0.2) is 12.2 Å². The highest BCUT2D eigenvalue weighted by molar-refractivity contribution is 7.47. The van der Waals surface area contributed by atoms with E-state index in [1.165, 1.54) is 205 Å². The molecule has 0 aromatic carbocycles. The SMILES string of the molecule is CCC(C)CCCCCCCCC(=O)OC[C@H](COP(=O)(O)OC[C@H](O)COP(=O)(O)OC[C@@H](COC(=O)CCCCCCCCCCC(C)C)OC(=O)CCCCCCCCCCCCCCCCCCC(C)C)OC(=O)CCCCCCCCCCCCCCCCCCC(C)C. The lowest BCUT2D eigenvalue weighted by Crippen LogP contribution is -2.30. The van der Waals surface area contributed by atoms with Crippen molar-refractivity contribution in [1.29, 1.82) is 0 Å². The number of phosphoric ester groups is 2. The van der Waals surface area contributed by atoms with Crippen LogP contribution in [0.25, 0.3) is 0 Å². The molecule has 0 aromatic rings. The molecule has 0 amide bonds. The van der Waals surface area contributed by atoms with Gasteiger partial charge in [-0.05, 0) is 49.4 Å². The largest absolute Gasteiger partial charge is 0.472 e. The Hall–Kier alpha value is -1.94. The van der Waals surface area contributed by atoms with Crippen molar-refractivity contribution in [2.24, 2.45) is 23.7 Å². The van der Waals surface area contributed by atoms with Crippen LogP contribution in [0.3, 0.4) is 0 Å².